The normalized spacial score (nSPS) is 11.1. The largest absolute Gasteiger partial charge is 0.466 e. The molecule has 7 heteroatoms. The van der Waals surface area contributed by atoms with E-state index in [-0.39, 0.29) is 12.2 Å². The maximum Gasteiger partial charge on any atom is 0.417 e. The Balaban J connectivity index is 2.84. The van der Waals surface area contributed by atoms with Gasteiger partial charge in [0.25, 0.3) is 0 Å². The second-order valence-corrected chi connectivity index (χ2v) is 3.37. The van der Waals surface area contributed by atoms with Gasteiger partial charge in [-0.05, 0) is 13.0 Å². The first-order valence-electron chi connectivity index (χ1n) is 5.05. The third-order valence-electron chi connectivity index (χ3n) is 2.00. The van der Waals surface area contributed by atoms with Crippen molar-refractivity contribution in [2.75, 3.05) is 6.61 Å². The lowest BCUT2D eigenvalue weighted by molar-refractivity contribution is -0.142. The summed E-state index contributed by atoms with van der Waals surface area (Å²) in [4.78, 5) is 25.9. The van der Waals surface area contributed by atoms with E-state index >= 15 is 0 Å². The van der Waals surface area contributed by atoms with E-state index in [0.717, 1.165) is 6.20 Å². The second kappa shape index (κ2) is 5.61. The van der Waals surface area contributed by atoms with Gasteiger partial charge >= 0.3 is 12.1 Å². The van der Waals surface area contributed by atoms with Gasteiger partial charge in [-0.3, -0.25) is 14.6 Å². The van der Waals surface area contributed by atoms with E-state index in [1.807, 2.05) is 0 Å². The number of hydrogen-bond acceptors (Lipinski definition) is 4. The number of halogens is 3. The molecule has 0 N–H and O–H groups in total. The van der Waals surface area contributed by atoms with Crippen LogP contribution < -0.4 is 0 Å². The fourth-order valence-electron chi connectivity index (χ4n) is 1.19. The Hall–Kier alpha value is -1.92. The van der Waals surface area contributed by atoms with Crippen LogP contribution >= 0.6 is 0 Å². The van der Waals surface area contributed by atoms with Crippen LogP contribution in [-0.2, 0) is 15.7 Å². The highest BCUT2D eigenvalue weighted by molar-refractivity contribution is 6.05. The van der Waals surface area contributed by atoms with Crippen LogP contribution in [0, 0.1) is 0 Å². The molecule has 0 atom stereocenters. The molecule has 0 saturated carbocycles. The molecule has 4 nitrogen and oxygen atoms in total. The minimum atomic E-state index is -4.58. The number of hydrogen-bond donors (Lipinski definition) is 0. The summed E-state index contributed by atoms with van der Waals surface area (Å²) in [6.07, 6.45) is -3.58. The van der Waals surface area contributed by atoms with E-state index in [4.69, 9.17) is 0 Å². The maximum atomic E-state index is 12.4. The zero-order valence-corrected chi connectivity index (χ0v) is 9.45. The van der Waals surface area contributed by atoms with Crippen molar-refractivity contribution in [1.82, 2.24) is 4.98 Å². The maximum absolute atomic E-state index is 12.4. The Morgan fingerprint density at radius 2 is 2.00 bits per heavy atom. The van der Waals surface area contributed by atoms with Crippen molar-refractivity contribution in [2.24, 2.45) is 0 Å². The van der Waals surface area contributed by atoms with Crippen LogP contribution in [0.4, 0.5) is 13.2 Å². The molecule has 1 heterocycles. The summed E-state index contributed by atoms with van der Waals surface area (Å²) in [6.45, 7) is 1.67. The van der Waals surface area contributed by atoms with Crippen molar-refractivity contribution in [2.45, 2.75) is 19.5 Å². The fraction of sp³-hybridized carbons (Fsp3) is 0.364. The minimum absolute atomic E-state index is 0.104. The summed E-state index contributed by atoms with van der Waals surface area (Å²) in [5, 5.41) is 0. The van der Waals surface area contributed by atoms with Gasteiger partial charge in [0.2, 0.25) is 0 Å². The topological polar surface area (TPSA) is 56.3 Å². The molecule has 0 aliphatic rings. The van der Waals surface area contributed by atoms with Crippen molar-refractivity contribution in [3.8, 4) is 0 Å². The van der Waals surface area contributed by atoms with Crippen LogP contribution in [0.25, 0.3) is 0 Å². The smallest absolute Gasteiger partial charge is 0.417 e. The zero-order valence-electron chi connectivity index (χ0n) is 9.45. The van der Waals surface area contributed by atoms with Crippen LogP contribution in [0.15, 0.2) is 18.5 Å². The molecule has 0 amide bonds. The van der Waals surface area contributed by atoms with E-state index in [1.54, 1.807) is 6.92 Å². The molecule has 0 spiro atoms. The van der Waals surface area contributed by atoms with Gasteiger partial charge in [-0.25, -0.2) is 0 Å². The van der Waals surface area contributed by atoms with Crippen LogP contribution in [0.3, 0.4) is 0 Å². The lowest BCUT2D eigenvalue weighted by Gasteiger charge is -2.07. The minimum Gasteiger partial charge on any atom is -0.466 e. The third-order valence-corrected chi connectivity index (χ3v) is 2.00. The molecule has 0 bridgehead atoms. The predicted molar refractivity (Wildman–Crippen MR) is 54.8 cm³/mol. The van der Waals surface area contributed by atoms with Crippen molar-refractivity contribution < 1.29 is 27.5 Å². The first kappa shape index (κ1) is 14.1. The molecule has 0 aliphatic heterocycles. The average Bonchev–Trinajstić information content (AvgIpc) is 2.28. The Kier molecular flexibility index (Phi) is 4.41. The number of carbonyl (C=O) groups excluding carboxylic acids is 2. The highest BCUT2D eigenvalue weighted by Gasteiger charge is 2.31. The van der Waals surface area contributed by atoms with E-state index in [2.05, 4.69) is 9.72 Å². The second-order valence-electron chi connectivity index (χ2n) is 3.37. The van der Waals surface area contributed by atoms with E-state index < -0.39 is 29.9 Å². The molecule has 18 heavy (non-hydrogen) atoms. The Morgan fingerprint density at radius 3 is 2.56 bits per heavy atom. The number of nitrogens with zero attached hydrogens (tertiary/aromatic N) is 1. The molecule has 1 aromatic rings. The van der Waals surface area contributed by atoms with Crippen LogP contribution in [0.2, 0.25) is 0 Å². The number of ketones is 1. The van der Waals surface area contributed by atoms with E-state index in [1.165, 1.54) is 0 Å². The van der Waals surface area contributed by atoms with Gasteiger partial charge in [-0.15, -0.1) is 0 Å². The summed E-state index contributed by atoms with van der Waals surface area (Å²) >= 11 is 0. The first-order valence-corrected chi connectivity index (χ1v) is 5.05. The summed E-state index contributed by atoms with van der Waals surface area (Å²) in [5.74, 6) is -1.54. The summed E-state index contributed by atoms with van der Waals surface area (Å²) in [6, 6.07) is 0.661. The van der Waals surface area contributed by atoms with Crippen LogP contribution in [0.5, 0.6) is 0 Å². The Labute approximate surface area is 101 Å². The quantitative estimate of drug-likeness (QED) is 0.474. The van der Waals surface area contributed by atoms with E-state index in [0.29, 0.717) is 12.3 Å². The van der Waals surface area contributed by atoms with Gasteiger partial charge in [0.15, 0.2) is 5.78 Å². The molecule has 0 aromatic carbocycles. The van der Waals surface area contributed by atoms with Crippen molar-refractivity contribution in [1.29, 1.82) is 0 Å². The van der Waals surface area contributed by atoms with Crippen molar-refractivity contribution >= 4 is 11.8 Å². The number of pyridine rings is 1. The highest BCUT2D eigenvalue weighted by atomic mass is 19.4. The summed E-state index contributed by atoms with van der Waals surface area (Å²) in [7, 11) is 0. The monoisotopic (exact) mass is 261 g/mol. The number of carbonyl (C=O) groups is 2. The molecular weight excluding hydrogens is 251 g/mol. The molecule has 0 saturated heterocycles. The van der Waals surface area contributed by atoms with Crippen molar-refractivity contribution in [3.05, 3.63) is 29.6 Å². The number of rotatable bonds is 4. The molecule has 0 aliphatic carbocycles. The number of ether oxygens (including phenoxy) is 1. The third kappa shape index (κ3) is 3.83. The summed E-state index contributed by atoms with van der Waals surface area (Å²) < 4.78 is 41.6. The Bertz CT molecular complexity index is 457. The van der Waals surface area contributed by atoms with Gasteiger partial charge in [-0.1, -0.05) is 0 Å². The molecule has 0 fully saturated rings. The van der Waals surface area contributed by atoms with Crippen LogP contribution in [0.1, 0.15) is 29.3 Å². The lowest BCUT2D eigenvalue weighted by Crippen LogP contribution is -2.13. The SMILES string of the molecule is CCOC(=O)CC(=O)c1cncc(C(F)(F)F)c1. The molecule has 98 valence electrons. The standard InChI is InChI=1S/C11H10F3NO3/c1-2-18-10(17)4-9(16)7-3-8(6-15-5-7)11(12,13)14/h3,5-6H,2,4H2,1H3. The lowest BCUT2D eigenvalue weighted by atomic mass is 10.1. The molecule has 0 radical (unpaired) electrons. The summed E-state index contributed by atoms with van der Waals surface area (Å²) in [5.41, 5.74) is -1.30. The highest BCUT2D eigenvalue weighted by Crippen LogP contribution is 2.29. The molecule has 0 unspecified atom stereocenters. The predicted octanol–water partition coefficient (Wildman–Crippen LogP) is 2.24. The Morgan fingerprint density at radius 1 is 1.33 bits per heavy atom. The molecule has 1 aromatic heterocycles. The van der Waals surface area contributed by atoms with Crippen molar-refractivity contribution in [3.63, 3.8) is 0 Å². The number of esters is 1. The number of alkyl halides is 3. The first-order chi connectivity index (χ1) is 8.34. The van der Waals surface area contributed by atoms with Gasteiger partial charge in [0.1, 0.15) is 6.42 Å². The van der Waals surface area contributed by atoms with Gasteiger partial charge < -0.3 is 4.74 Å². The molecule has 1 rings (SSSR count). The average molecular weight is 261 g/mol. The van der Waals surface area contributed by atoms with Crippen LogP contribution in [-0.4, -0.2) is 23.3 Å². The zero-order chi connectivity index (χ0) is 13.8. The van der Waals surface area contributed by atoms with Gasteiger partial charge in [0.05, 0.1) is 12.2 Å². The van der Waals surface area contributed by atoms with E-state index in [9.17, 15) is 22.8 Å². The fourth-order valence-corrected chi connectivity index (χ4v) is 1.19. The molecular formula is C11H10F3NO3. The number of aromatic nitrogens is 1. The number of Topliss-reactive ketones (excluding diaryl/α,β-unsaturated/α-hetero) is 1. The van der Waals surface area contributed by atoms with Gasteiger partial charge in [-0.2, -0.15) is 13.2 Å². The van der Waals surface area contributed by atoms with Gasteiger partial charge in [0, 0.05) is 18.0 Å².